The fourth-order valence-electron chi connectivity index (χ4n) is 1.92. The Morgan fingerprint density at radius 1 is 1.35 bits per heavy atom. The number of benzene rings is 1. The maximum atomic E-state index is 13.6. The molecular formula is C12H13ClF2N2O2S. The Bertz CT molecular complexity index is 743. The Morgan fingerprint density at radius 3 is 2.65 bits per heavy atom. The molecule has 0 N–H and O–H groups in total. The van der Waals surface area contributed by atoms with Gasteiger partial charge in [-0.2, -0.15) is 0 Å². The molecule has 8 heteroatoms. The van der Waals surface area contributed by atoms with Gasteiger partial charge in [-0.3, -0.25) is 0 Å². The van der Waals surface area contributed by atoms with Crippen LogP contribution in [0.25, 0.3) is 11.0 Å². The molecule has 4 nitrogen and oxygen atoms in total. The summed E-state index contributed by atoms with van der Waals surface area (Å²) in [5, 5.41) is 0. The van der Waals surface area contributed by atoms with E-state index in [1.54, 1.807) is 6.92 Å². The normalized spacial score (nSPS) is 12.2. The third kappa shape index (κ3) is 2.93. The molecule has 0 spiro atoms. The molecule has 0 aliphatic heterocycles. The lowest BCUT2D eigenvalue weighted by Gasteiger charge is -2.07. The molecule has 0 radical (unpaired) electrons. The molecular weight excluding hydrogens is 310 g/mol. The van der Waals surface area contributed by atoms with Crippen LogP contribution in [-0.2, 0) is 22.3 Å². The van der Waals surface area contributed by atoms with Crippen LogP contribution in [0.3, 0.4) is 0 Å². The first-order chi connectivity index (χ1) is 9.38. The molecule has 0 saturated heterocycles. The molecule has 1 aromatic heterocycles. The van der Waals surface area contributed by atoms with Crippen LogP contribution in [0.5, 0.6) is 0 Å². The van der Waals surface area contributed by atoms with E-state index >= 15 is 0 Å². The second-order valence-corrected chi connectivity index (χ2v) is 7.05. The minimum Gasteiger partial charge on any atom is -0.326 e. The Hall–Kier alpha value is -1.21. The van der Waals surface area contributed by atoms with Crippen molar-refractivity contribution >= 4 is 32.5 Å². The monoisotopic (exact) mass is 322 g/mol. The molecule has 2 aromatic rings. The molecule has 20 heavy (non-hydrogen) atoms. The molecule has 2 rings (SSSR count). The lowest BCUT2D eigenvalue weighted by molar-refractivity contribution is 0.588. The van der Waals surface area contributed by atoms with Gasteiger partial charge in [0.2, 0.25) is 0 Å². The molecule has 0 aliphatic rings. The van der Waals surface area contributed by atoms with Crippen molar-refractivity contribution in [2.24, 2.45) is 0 Å². The van der Waals surface area contributed by atoms with Gasteiger partial charge in [-0.1, -0.05) is 6.92 Å². The quantitative estimate of drug-likeness (QED) is 0.795. The van der Waals surface area contributed by atoms with Crippen LogP contribution in [-0.4, -0.2) is 29.5 Å². The number of rotatable bonds is 5. The SMILES string of the molecule is CCS(=O)(=O)CCn1c(CCl)nc2c(F)cc(F)cc21. The van der Waals surface area contributed by atoms with Crippen LogP contribution in [0.4, 0.5) is 8.78 Å². The number of fused-ring (bicyclic) bond motifs is 1. The average Bonchev–Trinajstić information content (AvgIpc) is 2.74. The highest BCUT2D eigenvalue weighted by molar-refractivity contribution is 7.91. The number of nitrogens with zero attached hydrogens (tertiary/aromatic N) is 2. The first kappa shape index (κ1) is 15.2. The number of halogens is 3. The van der Waals surface area contributed by atoms with Gasteiger partial charge in [0, 0.05) is 18.4 Å². The van der Waals surface area contributed by atoms with Gasteiger partial charge in [-0.05, 0) is 6.07 Å². The molecule has 1 aromatic carbocycles. The van der Waals surface area contributed by atoms with Gasteiger partial charge < -0.3 is 4.57 Å². The molecule has 0 unspecified atom stereocenters. The van der Waals surface area contributed by atoms with Gasteiger partial charge in [0.15, 0.2) is 15.7 Å². The first-order valence-electron chi connectivity index (χ1n) is 5.98. The van der Waals surface area contributed by atoms with Crippen LogP contribution < -0.4 is 0 Å². The highest BCUT2D eigenvalue weighted by Gasteiger charge is 2.17. The van der Waals surface area contributed by atoms with Crippen LogP contribution in [0, 0.1) is 11.6 Å². The summed E-state index contributed by atoms with van der Waals surface area (Å²) in [5.41, 5.74) is 0.209. The summed E-state index contributed by atoms with van der Waals surface area (Å²) in [6.45, 7) is 1.61. The summed E-state index contributed by atoms with van der Waals surface area (Å²) in [4.78, 5) is 3.99. The highest BCUT2D eigenvalue weighted by atomic mass is 35.5. The van der Waals surface area contributed by atoms with Crippen molar-refractivity contribution in [3.63, 3.8) is 0 Å². The van der Waals surface area contributed by atoms with E-state index in [0.717, 1.165) is 12.1 Å². The summed E-state index contributed by atoms with van der Waals surface area (Å²) in [6, 6.07) is 1.86. The topological polar surface area (TPSA) is 52.0 Å². The molecule has 0 atom stereocenters. The number of aromatic nitrogens is 2. The zero-order valence-corrected chi connectivity index (χ0v) is 12.3. The van der Waals surface area contributed by atoms with Crippen molar-refractivity contribution in [2.45, 2.75) is 19.3 Å². The fourth-order valence-corrected chi connectivity index (χ4v) is 2.88. The van der Waals surface area contributed by atoms with Crippen molar-refractivity contribution in [3.05, 3.63) is 29.6 Å². The largest absolute Gasteiger partial charge is 0.326 e. The smallest absolute Gasteiger partial charge is 0.153 e. The van der Waals surface area contributed by atoms with Gasteiger partial charge >= 0.3 is 0 Å². The zero-order valence-electron chi connectivity index (χ0n) is 10.7. The van der Waals surface area contributed by atoms with Crippen molar-refractivity contribution < 1.29 is 17.2 Å². The number of hydrogen-bond acceptors (Lipinski definition) is 3. The number of hydrogen-bond donors (Lipinski definition) is 0. The van der Waals surface area contributed by atoms with Crippen LogP contribution >= 0.6 is 11.6 Å². The standard InChI is InChI=1S/C12H13ClF2N2O2S/c1-2-20(18,19)4-3-17-10-6-8(14)5-9(15)12(10)16-11(17)7-13/h5-6H,2-4,7H2,1H3. The second kappa shape index (κ2) is 5.65. The van der Waals surface area contributed by atoms with Crippen LogP contribution in [0.15, 0.2) is 12.1 Å². The van der Waals surface area contributed by atoms with E-state index < -0.39 is 21.5 Å². The minimum absolute atomic E-state index is 0.00375. The van der Waals surface area contributed by atoms with Crippen molar-refractivity contribution in [3.8, 4) is 0 Å². The first-order valence-corrected chi connectivity index (χ1v) is 8.34. The number of aryl methyl sites for hydroxylation is 1. The molecule has 0 aliphatic carbocycles. The summed E-state index contributed by atoms with van der Waals surface area (Å²) in [5.74, 6) is -1.34. The Morgan fingerprint density at radius 2 is 2.05 bits per heavy atom. The van der Waals surface area contributed by atoms with E-state index in [0.29, 0.717) is 5.82 Å². The van der Waals surface area contributed by atoms with E-state index in [2.05, 4.69) is 4.98 Å². The van der Waals surface area contributed by atoms with Crippen molar-refractivity contribution in [1.29, 1.82) is 0 Å². The molecule has 0 fully saturated rings. The van der Waals surface area contributed by atoms with E-state index in [1.165, 1.54) is 4.57 Å². The third-order valence-electron chi connectivity index (χ3n) is 3.04. The molecule has 1 heterocycles. The molecule has 110 valence electrons. The van der Waals surface area contributed by atoms with Crippen molar-refractivity contribution in [1.82, 2.24) is 9.55 Å². The highest BCUT2D eigenvalue weighted by Crippen LogP contribution is 2.22. The van der Waals surface area contributed by atoms with Gasteiger partial charge in [-0.15, -0.1) is 11.6 Å². The third-order valence-corrected chi connectivity index (χ3v) is 4.96. The van der Waals surface area contributed by atoms with Crippen LogP contribution in [0.2, 0.25) is 0 Å². The Kier molecular flexibility index (Phi) is 4.29. The van der Waals surface area contributed by atoms with Crippen molar-refractivity contribution in [2.75, 3.05) is 11.5 Å². The number of imidazole rings is 1. The lowest BCUT2D eigenvalue weighted by Crippen LogP contribution is -2.15. The van der Waals surface area contributed by atoms with Crippen LogP contribution in [0.1, 0.15) is 12.7 Å². The summed E-state index contributed by atoms with van der Waals surface area (Å²) < 4.78 is 51.5. The predicted molar refractivity (Wildman–Crippen MR) is 73.5 cm³/mol. The predicted octanol–water partition coefficient (Wildman–Crippen LogP) is 2.49. The molecule has 0 amide bonds. The van der Waals surface area contributed by atoms with E-state index in [-0.39, 0.29) is 35.0 Å². The molecule has 0 saturated carbocycles. The summed E-state index contributed by atoms with van der Waals surface area (Å²) in [6.07, 6.45) is 0. The average molecular weight is 323 g/mol. The zero-order chi connectivity index (χ0) is 14.9. The Labute approximate surface area is 120 Å². The number of sulfone groups is 1. The molecule has 0 bridgehead atoms. The lowest BCUT2D eigenvalue weighted by atomic mass is 10.3. The second-order valence-electron chi connectivity index (χ2n) is 4.31. The van der Waals surface area contributed by atoms with Gasteiger partial charge in [0.05, 0.1) is 17.1 Å². The maximum absolute atomic E-state index is 13.6. The minimum atomic E-state index is -3.19. The summed E-state index contributed by atoms with van der Waals surface area (Å²) in [7, 11) is -3.19. The van der Waals surface area contributed by atoms with Gasteiger partial charge in [0.25, 0.3) is 0 Å². The van der Waals surface area contributed by atoms with E-state index in [4.69, 9.17) is 11.6 Å². The van der Waals surface area contributed by atoms with E-state index in [9.17, 15) is 17.2 Å². The fraction of sp³-hybridized carbons (Fsp3) is 0.417. The van der Waals surface area contributed by atoms with Gasteiger partial charge in [0.1, 0.15) is 17.2 Å². The van der Waals surface area contributed by atoms with E-state index in [1.807, 2.05) is 0 Å². The Balaban J connectivity index is 2.50. The number of alkyl halides is 1. The maximum Gasteiger partial charge on any atom is 0.153 e. The summed E-state index contributed by atoms with van der Waals surface area (Å²) >= 11 is 5.73. The van der Waals surface area contributed by atoms with Gasteiger partial charge in [-0.25, -0.2) is 22.2 Å².